The van der Waals surface area contributed by atoms with Crippen molar-refractivity contribution >= 4 is 5.91 Å². The first-order chi connectivity index (χ1) is 10.7. The Kier molecular flexibility index (Phi) is 4.98. The van der Waals surface area contributed by atoms with Crippen LogP contribution in [0.5, 0.6) is 5.75 Å². The lowest BCUT2D eigenvalue weighted by molar-refractivity contribution is -0.131. The lowest BCUT2D eigenvalue weighted by atomic mass is 10.1. The number of benzene rings is 1. The van der Waals surface area contributed by atoms with Gasteiger partial charge >= 0.3 is 0 Å². The summed E-state index contributed by atoms with van der Waals surface area (Å²) < 4.78 is 0. The molecule has 1 saturated heterocycles. The van der Waals surface area contributed by atoms with Crippen LogP contribution in [0.25, 0.3) is 0 Å². The Balaban J connectivity index is 1.43. The zero-order valence-corrected chi connectivity index (χ0v) is 13.2. The second-order valence-electron chi connectivity index (χ2n) is 6.64. The van der Waals surface area contributed by atoms with Crippen LogP contribution < -0.4 is 0 Å². The van der Waals surface area contributed by atoms with Crippen molar-refractivity contribution < 1.29 is 9.90 Å². The van der Waals surface area contributed by atoms with E-state index in [1.54, 1.807) is 12.1 Å². The first-order valence-corrected chi connectivity index (χ1v) is 8.49. The Morgan fingerprint density at radius 3 is 2.59 bits per heavy atom. The van der Waals surface area contributed by atoms with Gasteiger partial charge in [-0.15, -0.1) is 0 Å². The highest BCUT2D eigenvalue weighted by Crippen LogP contribution is 2.32. The average Bonchev–Trinajstić information content (AvgIpc) is 3.33. The van der Waals surface area contributed by atoms with E-state index in [0.29, 0.717) is 17.6 Å². The van der Waals surface area contributed by atoms with Gasteiger partial charge in [0, 0.05) is 32.6 Å². The van der Waals surface area contributed by atoms with E-state index in [4.69, 9.17) is 0 Å². The number of rotatable bonds is 5. The van der Waals surface area contributed by atoms with Crippen LogP contribution in [0.4, 0.5) is 0 Å². The van der Waals surface area contributed by atoms with Gasteiger partial charge in [-0.1, -0.05) is 12.1 Å². The van der Waals surface area contributed by atoms with Gasteiger partial charge in [0.15, 0.2) is 0 Å². The summed E-state index contributed by atoms with van der Waals surface area (Å²) in [6.07, 6.45) is 5.34. The maximum Gasteiger partial charge on any atom is 0.222 e. The van der Waals surface area contributed by atoms with Crippen LogP contribution >= 0.6 is 0 Å². The Bertz CT molecular complexity index is 496. The molecule has 0 aromatic heterocycles. The molecule has 2 aliphatic rings. The zero-order valence-electron chi connectivity index (χ0n) is 13.2. The molecule has 1 aromatic rings. The summed E-state index contributed by atoms with van der Waals surface area (Å²) in [5.74, 6) is 1.37. The number of hydrogen-bond acceptors (Lipinski definition) is 3. The number of phenols is 1. The van der Waals surface area contributed by atoms with E-state index < -0.39 is 0 Å². The standard InChI is InChI=1S/C18H26N2O2/c21-17-6-4-15(5-7-17)8-11-19-9-1-10-20(13-12-19)18(22)14-16-2-3-16/h4-7,16,21H,1-3,8-14H2. The molecule has 1 aliphatic carbocycles. The van der Waals surface area contributed by atoms with Gasteiger partial charge in [0.2, 0.25) is 5.91 Å². The van der Waals surface area contributed by atoms with Crippen LogP contribution in [0.3, 0.4) is 0 Å². The van der Waals surface area contributed by atoms with Crippen molar-refractivity contribution in [3.63, 3.8) is 0 Å². The normalized spacial score (nSPS) is 19.9. The molecule has 0 atom stereocenters. The fourth-order valence-electron chi connectivity index (χ4n) is 3.09. The minimum Gasteiger partial charge on any atom is -0.508 e. The predicted octanol–water partition coefficient (Wildman–Crippen LogP) is 2.27. The van der Waals surface area contributed by atoms with Crippen molar-refractivity contribution in [3.8, 4) is 5.75 Å². The van der Waals surface area contributed by atoms with Crippen LogP contribution in [-0.2, 0) is 11.2 Å². The molecule has 1 N–H and O–H groups in total. The van der Waals surface area contributed by atoms with Gasteiger partial charge in [-0.05, 0) is 55.8 Å². The van der Waals surface area contributed by atoms with Crippen LogP contribution in [0, 0.1) is 5.92 Å². The molecule has 120 valence electrons. The Hall–Kier alpha value is -1.55. The summed E-state index contributed by atoms with van der Waals surface area (Å²) in [6, 6.07) is 7.46. The van der Waals surface area contributed by atoms with Crippen molar-refractivity contribution in [1.29, 1.82) is 0 Å². The van der Waals surface area contributed by atoms with Crippen molar-refractivity contribution in [2.75, 3.05) is 32.7 Å². The van der Waals surface area contributed by atoms with Crippen LogP contribution in [0.1, 0.15) is 31.2 Å². The molecule has 0 radical (unpaired) electrons. The van der Waals surface area contributed by atoms with E-state index in [2.05, 4.69) is 9.80 Å². The fraction of sp³-hybridized carbons (Fsp3) is 0.611. The maximum absolute atomic E-state index is 12.2. The SMILES string of the molecule is O=C(CC1CC1)N1CCCN(CCc2ccc(O)cc2)CC1. The van der Waals surface area contributed by atoms with E-state index >= 15 is 0 Å². The fourth-order valence-corrected chi connectivity index (χ4v) is 3.09. The Morgan fingerprint density at radius 2 is 1.86 bits per heavy atom. The minimum atomic E-state index is 0.323. The summed E-state index contributed by atoms with van der Waals surface area (Å²) >= 11 is 0. The number of nitrogens with zero attached hydrogens (tertiary/aromatic N) is 2. The second kappa shape index (κ2) is 7.14. The molecule has 3 rings (SSSR count). The quantitative estimate of drug-likeness (QED) is 0.907. The van der Waals surface area contributed by atoms with Crippen molar-refractivity contribution in [3.05, 3.63) is 29.8 Å². The summed E-state index contributed by atoms with van der Waals surface area (Å²) in [5, 5.41) is 9.31. The lowest BCUT2D eigenvalue weighted by Crippen LogP contribution is -2.35. The number of phenolic OH excluding ortho intramolecular Hbond substituents is 1. The monoisotopic (exact) mass is 302 g/mol. The Morgan fingerprint density at radius 1 is 1.09 bits per heavy atom. The van der Waals surface area contributed by atoms with E-state index in [1.165, 1.54) is 18.4 Å². The third kappa shape index (κ3) is 4.47. The smallest absolute Gasteiger partial charge is 0.222 e. The van der Waals surface area contributed by atoms with E-state index in [1.807, 2.05) is 12.1 Å². The number of amides is 1. The van der Waals surface area contributed by atoms with E-state index in [9.17, 15) is 9.90 Å². The van der Waals surface area contributed by atoms with Crippen molar-refractivity contribution in [1.82, 2.24) is 9.80 Å². The third-order valence-corrected chi connectivity index (χ3v) is 4.75. The molecule has 4 heteroatoms. The number of hydrogen-bond donors (Lipinski definition) is 1. The molecule has 0 spiro atoms. The van der Waals surface area contributed by atoms with Gasteiger partial charge in [-0.3, -0.25) is 4.79 Å². The minimum absolute atomic E-state index is 0.323. The van der Waals surface area contributed by atoms with Crippen molar-refractivity contribution in [2.24, 2.45) is 5.92 Å². The van der Waals surface area contributed by atoms with Crippen LogP contribution in [0.15, 0.2) is 24.3 Å². The molecule has 22 heavy (non-hydrogen) atoms. The van der Waals surface area contributed by atoms with Gasteiger partial charge in [0.1, 0.15) is 5.75 Å². The predicted molar refractivity (Wildman–Crippen MR) is 86.8 cm³/mol. The Labute approximate surface area is 132 Å². The van der Waals surface area contributed by atoms with E-state index in [-0.39, 0.29) is 0 Å². The molecule has 0 unspecified atom stereocenters. The number of carbonyl (C=O) groups is 1. The number of carbonyl (C=O) groups excluding carboxylic acids is 1. The summed E-state index contributed by atoms with van der Waals surface area (Å²) in [5.41, 5.74) is 1.25. The molecular weight excluding hydrogens is 276 g/mol. The zero-order chi connectivity index (χ0) is 15.4. The third-order valence-electron chi connectivity index (χ3n) is 4.75. The van der Waals surface area contributed by atoms with Gasteiger partial charge in [0.25, 0.3) is 0 Å². The number of aromatic hydroxyl groups is 1. The van der Waals surface area contributed by atoms with Crippen molar-refractivity contribution in [2.45, 2.75) is 32.1 Å². The van der Waals surface area contributed by atoms with Gasteiger partial charge < -0.3 is 14.9 Å². The summed E-state index contributed by atoms with van der Waals surface area (Å²) in [7, 11) is 0. The maximum atomic E-state index is 12.2. The molecule has 2 fully saturated rings. The van der Waals surface area contributed by atoms with Crippen LogP contribution in [-0.4, -0.2) is 53.5 Å². The molecule has 1 aromatic carbocycles. The topological polar surface area (TPSA) is 43.8 Å². The molecule has 1 saturated carbocycles. The highest BCUT2D eigenvalue weighted by Gasteiger charge is 2.27. The first-order valence-electron chi connectivity index (χ1n) is 8.49. The second-order valence-corrected chi connectivity index (χ2v) is 6.64. The summed E-state index contributed by atoms with van der Waals surface area (Å²) in [4.78, 5) is 16.7. The average molecular weight is 302 g/mol. The van der Waals surface area contributed by atoms with Gasteiger partial charge in [0.05, 0.1) is 0 Å². The summed E-state index contributed by atoms with van der Waals surface area (Å²) in [6.45, 7) is 4.87. The molecule has 1 amide bonds. The van der Waals surface area contributed by atoms with Gasteiger partial charge in [-0.2, -0.15) is 0 Å². The van der Waals surface area contributed by atoms with Gasteiger partial charge in [-0.25, -0.2) is 0 Å². The largest absolute Gasteiger partial charge is 0.508 e. The highest BCUT2D eigenvalue weighted by molar-refractivity contribution is 5.76. The molecule has 1 aliphatic heterocycles. The lowest BCUT2D eigenvalue weighted by Gasteiger charge is -2.22. The first kappa shape index (κ1) is 15.3. The molecule has 4 nitrogen and oxygen atoms in total. The molecular formula is C18H26N2O2. The van der Waals surface area contributed by atoms with E-state index in [0.717, 1.165) is 52.0 Å². The van der Waals surface area contributed by atoms with Crippen LogP contribution in [0.2, 0.25) is 0 Å². The molecule has 1 heterocycles. The highest BCUT2D eigenvalue weighted by atomic mass is 16.3. The molecule has 0 bridgehead atoms.